The van der Waals surface area contributed by atoms with E-state index in [4.69, 9.17) is 4.98 Å². The van der Waals surface area contributed by atoms with Gasteiger partial charge in [-0.25, -0.2) is 4.98 Å². The second-order valence-corrected chi connectivity index (χ2v) is 9.44. The summed E-state index contributed by atoms with van der Waals surface area (Å²) >= 11 is 1.41. The summed E-state index contributed by atoms with van der Waals surface area (Å²) in [6.07, 6.45) is 9.79. The average molecular weight is 420 g/mol. The minimum atomic E-state index is 0.0627. The molecule has 2 aromatic rings. The summed E-state index contributed by atoms with van der Waals surface area (Å²) in [5, 5.41) is 0. The number of ketones is 1. The molecule has 1 saturated carbocycles. The van der Waals surface area contributed by atoms with Crippen LogP contribution in [0.5, 0.6) is 0 Å². The first-order valence-corrected chi connectivity index (χ1v) is 11.5. The Hall–Kier alpha value is -2.60. The minimum Gasteiger partial charge on any atom is -0.334 e. The van der Waals surface area contributed by atoms with Crippen LogP contribution in [0, 0.1) is 18.8 Å². The Kier molecular flexibility index (Phi) is 4.89. The molecule has 0 aromatic carbocycles. The van der Waals surface area contributed by atoms with Crippen molar-refractivity contribution in [2.75, 3.05) is 13.1 Å². The normalized spacial score (nSPS) is 20.3. The molecule has 0 spiro atoms. The lowest BCUT2D eigenvalue weighted by atomic mass is 9.87. The molecule has 0 radical (unpaired) electrons. The van der Waals surface area contributed by atoms with Crippen molar-refractivity contribution < 1.29 is 9.59 Å². The van der Waals surface area contributed by atoms with Crippen molar-refractivity contribution in [3.8, 4) is 0 Å². The van der Waals surface area contributed by atoms with Gasteiger partial charge in [0, 0.05) is 43.1 Å². The van der Waals surface area contributed by atoms with E-state index in [1.165, 1.54) is 28.0 Å². The van der Waals surface area contributed by atoms with Gasteiger partial charge in [-0.15, -0.1) is 11.3 Å². The lowest BCUT2D eigenvalue weighted by Crippen LogP contribution is -2.38. The van der Waals surface area contributed by atoms with E-state index in [2.05, 4.69) is 36.2 Å². The zero-order chi connectivity index (χ0) is 20.8. The van der Waals surface area contributed by atoms with Crippen molar-refractivity contribution in [2.24, 2.45) is 11.8 Å². The summed E-state index contributed by atoms with van der Waals surface area (Å²) in [5.74, 6) is 0.849. The molecule has 3 heterocycles. The molecule has 5 rings (SSSR count). The van der Waals surface area contributed by atoms with Gasteiger partial charge in [0.25, 0.3) is 5.91 Å². The van der Waals surface area contributed by atoms with Gasteiger partial charge in [-0.3, -0.25) is 14.6 Å². The van der Waals surface area contributed by atoms with Crippen LogP contribution >= 0.6 is 11.3 Å². The quantitative estimate of drug-likeness (QED) is 0.732. The van der Waals surface area contributed by atoms with Crippen LogP contribution in [0.3, 0.4) is 0 Å². The molecule has 0 bridgehead atoms. The highest BCUT2D eigenvalue weighted by Gasteiger charge is 2.31. The molecule has 1 aliphatic heterocycles. The summed E-state index contributed by atoms with van der Waals surface area (Å²) in [6, 6.07) is 2.11. The zero-order valence-corrected chi connectivity index (χ0v) is 18.2. The van der Waals surface area contributed by atoms with Gasteiger partial charge in [-0.05, 0) is 42.9 Å². The summed E-state index contributed by atoms with van der Waals surface area (Å²) in [6.45, 7) is 5.33. The Balaban J connectivity index is 1.43. The summed E-state index contributed by atoms with van der Waals surface area (Å²) in [4.78, 5) is 36.9. The first-order chi connectivity index (χ1) is 14.5. The van der Waals surface area contributed by atoms with E-state index in [1.807, 2.05) is 11.8 Å². The molecule has 0 saturated heterocycles. The third kappa shape index (κ3) is 3.54. The molecule has 30 heavy (non-hydrogen) atoms. The Morgan fingerprint density at radius 1 is 1.30 bits per heavy atom. The fourth-order valence-electron chi connectivity index (χ4n) is 4.46. The topological polar surface area (TPSA) is 63.2 Å². The molecule has 3 aliphatic rings. The Morgan fingerprint density at radius 3 is 2.83 bits per heavy atom. The Labute approximate surface area is 180 Å². The molecular formula is C24H25N3O2S. The molecule has 0 N–H and O–H groups in total. The number of hydrogen-bond acceptors (Lipinski definition) is 5. The number of Topliss-reactive ketones (excluding diaryl/α,β-unsaturated/α-hetero) is 1. The molecular weight excluding hydrogens is 394 g/mol. The van der Waals surface area contributed by atoms with Gasteiger partial charge in [-0.1, -0.05) is 25.2 Å². The molecule has 2 aliphatic carbocycles. The lowest BCUT2D eigenvalue weighted by Gasteiger charge is -2.32. The maximum absolute atomic E-state index is 12.9. The van der Waals surface area contributed by atoms with Crippen molar-refractivity contribution in [3.63, 3.8) is 0 Å². The first-order valence-electron chi connectivity index (χ1n) is 10.6. The van der Waals surface area contributed by atoms with Crippen LogP contribution in [0.25, 0.3) is 11.6 Å². The Morgan fingerprint density at radius 2 is 2.13 bits per heavy atom. The number of hydrogen-bond donors (Lipinski definition) is 0. The van der Waals surface area contributed by atoms with Crippen molar-refractivity contribution in [2.45, 2.75) is 39.5 Å². The van der Waals surface area contributed by atoms with E-state index >= 15 is 0 Å². The van der Waals surface area contributed by atoms with Gasteiger partial charge in [0.15, 0.2) is 0 Å². The van der Waals surface area contributed by atoms with E-state index in [0.717, 1.165) is 41.2 Å². The zero-order valence-electron chi connectivity index (χ0n) is 17.4. The number of pyridine rings is 1. The molecule has 2 aromatic heterocycles. The van der Waals surface area contributed by atoms with Crippen LogP contribution in [0.1, 0.15) is 57.6 Å². The second kappa shape index (κ2) is 7.58. The van der Waals surface area contributed by atoms with Gasteiger partial charge in [0.1, 0.15) is 10.7 Å². The van der Waals surface area contributed by atoms with Gasteiger partial charge in [0.2, 0.25) is 0 Å². The highest BCUT2D eigenvalue weighted by Crippen LogP contribution is 2.36. The van der Waals surface area contributed by atoms with Crippen molar-refractivity contribution in [1.82, 2.24) is 14.9 Å². The molecule has 6 heteroatoms. The van der Waals surface area contributed by atoms with Crippen molar-refractivity contribution in [3.05, 3.63) is 56.8 Å². The van der Waals surface area contributed by atoms with Crippen LogP contribution in [-0.2, 0) is 17.6 Å². The average Bonchev–Trinajstić information content (AvgIpc) is 3.33. The summed E-state index contributed by atoms with van der Waals surface area (Å²) < 4.78 is 0. The standard InChI is InChI=1S/C24H25N3O2S/c1-14-12-27(24(29)23-15(2)25-13-30-23)9-8-18(14)20-10-17(11-22(28)16-6-7-16)26-21-5-3-4-19(20)21/h3-4,8,10,13-14,16H,5-7,9,11-12H2,1-2H3. The number of allylic oxidation sites excluding steroid dienone is 1. The molecule has 5 nitrogen and oxygen atoms in total. The molecule has 1 unspecified atom stereocenters. The number of nitrogens with zero attached hydrogens (tertiary/aromatic N) is 3. The monoisotopic (exact) mass is 419 g/mol. The predicted molar refractivity (Wildman–Crippen MR) is 118 cm³/mol. The highest BCUT2D eigenvalue weighted by molar-refractivity contribution is 7.11. The lowest BCUT2D eigenvalue weighted by molar-refractivity contribution is -0.119. The number of fused-ring (bicyclic) bond motifs is 1. The predicted octanol–water partition coefficient (Wildman–Crippen LogP) is 4.11. The fraction of sp³-hybridized carbons (Fsp3) is 0.417. The van der Waals surface area contributed by atoms with Gasteiger partial charge in [-0.2, -0.15) is 0 Å². The smallest absolute Gasteiger partial charge is 0.266 e. The van der Waals surface area contributed by atoms with E-state index in [9.17, 15) is 9.59 Å². The molecule has 1 fully saturated rings. The molecule has 1 atom stereocenters. The highest BCUT2D eigenvalue weighted by atomic mass is 32.1. The maximum atomic E-state index is 12.9. The number of amides is 1. The van der Waals surface area contributed by atoms with Crippen LogP contribution in [0.4, 0.5) is 0 Å². The Bertz CT molecular complexity index is 1090. The number of aryl methyl sites for hydroxylation is 1. The summed E-state index contributed by atoms with van der Waals surface area (Å²) in [7, 11) is 0. The van der Waals surface area contributed by atoms with Gasteiger partial charge < -0.3 is 4.90 Å². The summed E-state index contributed by atoms with van der Waals surface area (Å²) in [5.41, 5.74) is 8.10. The van der Waals surface area contributed by atoms with E-state index in [-0.39, 0.29) is 17.7 Å². The van der Waals surface area contributed by atoms with E-state index in [1.54, 1.807) is 5.51 Å². The van der Waals surface area contributed by atoms with Crippen LogP contribution < -0.4 is 0 Å². The second-order valence-electron chi connectivity index (χ2n) is 8.58. The third-order valence-electron chi connectivity index (χ3n) is 6.27. The third-order valence-corrected chi connectivity index (χ3v) is 7.19. The van der Waals surface area contributed by atoms with Gasteiger partial charge >= 0.3 is 0 Å². The van der Waals surface area contributed by atoms with E-state index in [0.29, 0.717) is 25.3 Å². The van der Waals surface area contributed by atoms with Crippen molar-refractivity contribution in [1.29, 1.82) is 0 Å². The minimum absolute atomic E-state index is 0.0627. The van der Waals surface area contributed by atoms with Crippen LogP contribution in [0.2, 0.25) is 0 Å². The number of thiazole rings is 1. The largest absolute Gasteiger partial charge is 0.334 e. The number of rotatable bonds is 5. The maximum Gasteiger partial charge on any atom is 0.266 e. The first kappa shape index (κ1) is 19.4. The number of carbonyl (C=O) groups excluding carboxylic acids is 2. The van der Waals surface area contributed by atoms with Gasteiger partial charge in [0.05, 0.1) is 16.9 Å². The fourth-order valence-corrected chi connectivity index (χ4v) is 5.23. The number of aromatic nitrogens is 2. The van der Waals surface area contributed by atoms with Crippen molar-refractivity contribution >= 4 is 34.7 Å². The van der Waals surface area contributed by atoms with Crippen LogP contribution in [0.15, 0.2) is 23.7 Å². The van der Waals surface area contributed by atoms with E-state index < -0.39 is 0 Å². The molecule has 1 amide bonds. The SMILES string of the molecule is Cc1ncsc1C(=O)N1CC=C(c2cc(CC(=O)C3CC3)nc3c2C=CC3)C(C)C1. The molecule has 154 valence electrons. The van der Waals surface area contributed by atoms with Crippen LogP contribution in [-0.4, -0.2) is 39.6 Å². The number of carbonyl (C=O) groups is 2.